The lowest BCUT2D eigenvalue weighted by atomic mass is 10.1. The number of fused-ring (bicyclic) bond motifs is 1. The molecule has 8 heteroatoms. The number of hydrogen-bond donors (Lipinski definition) is 1. The molecule has 144 valence electrons. The van der Waals surface area contributed by atoms with E-state index >= 15 is 0 Å². The van der Waals surface area contributed by atoms with Gasteiger partial charge in [0.1, 0.15) is 5.75 Å². The first kappa shape index (κ1) is 19.6. The summed E-state index contributed by atoms with van der Waals surface area (Å²) in [4.78, 5) is 12.2. The predicted octanol–water partition coefficient (Wildman–Crippen LogP) is 3.69. The van der Waals surface area contributed by atoms with Crippen molar-refractivity contribution < 1.29 is 13.2 Å². The Morgan fingerprint density at radius 1 is 1.07 bits per heavy atom. The maximum absolute atomic E-state index is 12.8. The minimum atomic E-state index is -3.72. The van der Waals surface area contributed by atoms with E-state index in [1.807, 2.05) is 26.0 Å². The van der Waals surface area contributed by atoms with Gasteiger partial charge in [0.05, 0.1) is 22.2 Å². The Morgan fingerprint density at radius 2 is 1.74 bits per heavy atom. The molecule has 0 aliphatic heterocycles. The molecule has 3 rings (SSSR count). The number of rotatable bonds is 6. The highest BCUT2D eigenvalue weighted by atomic mass is 32.2. The first-order valence-corrected chi connectivity index (χ1v) is 10.8. The summed E-state index contributed by atoms with van der Waals surface area (Å²) >= 11 is 1.06. The van der Waals surface area contributed by atoms with Gasteiger partial charge in [-0.05, 0) is 56.7 Å². The maximum Gasteiger partial charge on any atom is 0.308 e. The van der Waals surface area contributed by atoms with Gasteiger partial charge in [-0.3, -0.25) is 9.36 Å². The quantitative estimate of drug-likeness (QED) is 0.677. The third-order valence-corrected chi connectivity index (χ3v) is 6.82. The number of nitrogens with zero attached hydrogens (tertiary/aromatic N) is 1. The molecule has 1 heterocycles. The normalized spacial score (nSPS) is 13.2. The fourth-order valence-electron chi connectivity index (χ4n) is 2.93. The van der Waals surface area contributed by atoms with Crippen molar-refractivity contribution in [2.45, 2.75) is 37.8 Å². The van der Waals surface area contributed by atoms with Gasteiger partial charge in [-0.1, -0.05) is 23.5 Å². The Hall–Kier alpha value is -2.16. The van der Waals surface area contributed by atoms with Crippen molar-refractivity contribution in [3.05, 3.63) is 57.7 Å². The summed E-state index contributed by atoms with van der Waals surface area (Å²) in [5.41, 5.74) is 1.58. The standard InChI is InChI=1S/C19H22N2O4S2/c1-12(2)21-17-10-9-16(11-18(17)26-19(21)22)27(23,24)20-13(3)14-5-7-15(25-4)8-6-14/h5-13,20H,1-4H3/t13-/m1/s1. The van der Waals surface area contributed by atoms with Crippen molar-refractivity contribution in [2.24, 2.45) is 0 Å². The number of ether oxygens (including phenoxy) is 1. The molecule has 3 aromatic rings. The van der Waals surface area contributed by atoms with Crippen LogP contribution in [0.15, 0.2) is 52.2 Å². The molecule has 0 saturated carbocycles. The van der Waals surface area contributed by atoms with E-state index in [1.54, 1.807) is 42.9 Å². The van der Waals surface area contributed by atoms with E-state index in [4.69, 9.17) is 4.74 Å². The Kier molecular flexibility index (Phi) is 5.41. The second kappa shape index (κ2) is 7.46. The van der Waals surface area contributed by atoms with Crippen molar-refractivity contribution >= 4 is 31.6 Å². The van der Waals surface area contributed by atoms with Crippen LogP contribution in [-0.4, -0.2) is 20.1 Å². The number of thiazole rings is 1. The average molecular weight is 407 g/mol. The van der Waals surface area contributed by atoms with Gasteiger partial charge >= 0.3 is 4.87 Å². The largest absolute Gasteiger partial charge is 0.497 e. The molecule has 0 radical (unpaired) electrons. The molecule has 1 aromatic heterocycles. The predicted molar refractivity (Wildman–Crippen MR) is 108 cm³/mol. The zero-order valence-corrected chi connectivity index (χ0v) is 17.2. The summed E-state index contributed by atoms with van der Waals surface area (Å²) in [7, 11) is -2.14. The van der Waals surface area contributed by atoms with E-state index in [-0.39, 0.29) is 15.8 Å². The molecule has 0 aliphatic carbocycles. The number of benzene rings is 2. The molecule has 0 aliphatic rings. The first-order chi connectivity index (χ1) is 12.7. The Labute approximate surface area is 162 Å². The van der Waals surface area contributed by atoms with Gasteiger partial charge in [0.2, 0.25) is 10.0 Å². The summed E-state index contributed by atoms with van der Waals surface area (Å²) < 4.78 is 35.7. The van der Waals surface area contributed by atoms with E-state index in [0.717, 1.165) is 22.4 Å². The first-order valence-electron chi connectivity index (χ1n) is 8.54. The van der Waals surface area contributed by atoms with Gasteiger partial charge in [0.25, 0.3) is 0 Å². The van der Waals surface area contributed by atoms with Crippen LogP contribution in [-0.2, 0) is 10.0 Å². The topological polar surface area (TPSA) is 77.4 Å². The molecule has 0 bridgehead atoms. The van der Waals surface area contributed by atoms with E-state index in [9.17, 15) is 13.2 Å². The van der Waals surface area contributed by atoms with E-state index in [1.165, 1.54) is 6.07 Å². The van der Waals surface area contributed by atoms with Gasteiger partial charge in [-0.25, -0.2) is 13.1 Å². The van der Waals surface area contributed by atoms with Crippen molar-refractivity contribution in [3.63, 3.8) is 0 Å². The lowest BCUT2D eigenvalue weighted by Gasteiger charge is -2.15. The summed E-state index contributed by atoms with van der Waals surface area (Å²) in [6.07, 6.45) is 0. The average Bonchev–Trinajstić information content (AvgIpc) is 2.96. The van der Waals surface area contributed by atoms with Crippen molar-refractivity contribution in [1.29, 1.82) is 0 Å². The minimum Gasteiger partial charge on any atom is -0.497 e. The third kappa shape index (κ3) is 3.92. The highest BCUT2D eigenvalue weighted by molar-refractivity contribution is 7.89. The minimum absolute atomic E-state index is 0.0157. The summed E-state index contributed by atoms with van der Waals surface area (Å²) in [5.74, 6) is 0.712. The van der Waals surface area contributed by atoms with E-state index in [2.05, 4.69) is 4.72 Å². The molecule has 1 N–H and O–H groups in total. The van der Waals surface area contributed by atoms with Crippen LogP contribution in [0.3, 0.4) is 0 Å². The lowest BCUT2D eigenvalue weighted by Crippen LogP contribution is -2.26. The number of aromatic nitrogens is 1. The Bertz CT molecular complexity index is 1110. The second-order valence-corrected chi connectivity index (χ2v) is 9.28. The maximum atomic E-state index is 12.8. The van der Waals surface area contributed by atoms with Gasteiger partial charge in [0, 0.05) is 12.1 Å². The molecular weight excluding hydrogens is 384 g/mol. The van der Waals surface area contributed by atoms with Crippen LogP contribution >= 0.6 is 11.3 Å². The van der Waals surface area contributed by atoms with Crippen molar-refractivity contribution in [2.75, 3.05) is 7.11 Å². The van der Waals surface area contributed by atoms with Crippen LogP contribution in [0.4, 0.5) is 0 Å². The van der Waals surface area contributed by atoms with Crippen LogP contribution in [0.1, 0.15) is 38.4 Å². The Balaban J connectivity index is 1.90. The molecule has 0 saturated heterocycles. The fourth-order valence-corrected chi connectivity index (χ4v) is 5.32. The monoisotopic (exact) mass is 406 g/mol. The summed E-state index contributed by atoms with van der Waals surface area (Å²) in [5, 5.41) is 0. The van der Waals surface area contributed by atoms with Crippen LogP contribution in [0.5, 0.6) is 5.75 Å². The number of sulfonamides is 1. The van der Waals surface area contributed by atoms with Crippen molar-refractivity contribution in [1.82, 2.24) is 9.29 Å². The molecule has 0 amide bonds. The van der Waals surface area contributed by atoms with E-state index in [0.29, 0.717) is 10.4 Å². The zero-order chi connectivity index (χ0) is 19.8. The number of hydrogen-bond acceptors (Lipinski definition) is 5. The highest BCUT2D eigenvalue weighted by Gasteiger charge is 2.20. The van der Waals surface area contributed by atoms with Crippen molar-refractivity contribution in [3.8, 4) is 5.75 Å². The zero-order valence-electron chi connectivity index (χ0n) is 15.6. The lowest BCUT2D eigenvalue weighted by molar-refractivity contribution is 0.414. The third-order valence-electron chi connectivity index (χ3n) is 4.36. The van der Waals surface area contributed by atoms with Crippen LogP contribution in [0, 0.1) is 0 Å². The molecule has 2 aromatic carbocycles. The SMILES string of the molecule is COc1ccc([C@@H](C)NS(=O)(=O)c2ccc3c(c2)sc(=O)n3C(C)C)cc1. The number of methoxy groups -OCH3 is 1. The fraction of sp³-hybridized carbons (Fsp3) is 0.316. The molecule has 0 spiro atoms. The smallest absolute Gasteiger partial charge is 0.308 e. The van der Waals surface area contributed by atoms with Gasteiger partial charge in [-0.15, -0.1) is 0 Å². The van der Waals surface area contributed by atoms with Crippen LogP contribution in [0.2, 0.25) is 0 Å². The molecule has 27 heavy (non-hydrogen) atoms. The second-order valence-electron chi connectivity index (χ2n) is 6.58. The molecule has 1 atom stereocenters. The Morgan fingerprint density at radius 3 is 2.33 bits per heavy atom. The van der Waals surface area contributed by atoms with Gasteiger partial charge in [-0.2, -0.15) is 0 Å². The van der Waals surface area contributed by atoms with Gasteiger partial charge in [0.15, 0.2) is 0 Å². The number of nitrogens with one attached hydrogen (secondary N) is 1. The highest BCUT2D eigenvalue weighted by Crippen LogP contribution is 2.25. The molecule has 0 fully saturated rings. The molecular formula is C19H22N2O4S2. The van der Waals surface area contributed by atoms with Gasteiger partial charge < -0.3 is 4.74 Å². The molecule has 6 nitrogen and oxygen atoms in total. The van der Waals surface area contributed by atoms with Crippen LogP contribution in [0.25, 0.3) is 10.2 Å². The summed E-state index contributed by atoms with van der Waals surface area (Å²) in [6.45, 7) is 5.64. The molecule has 0 unspecified atom stereocenters. The summed E-state index contributed by atoms with van der Waals surface area (Å²) in [6, 6.07) is 11.6. The van der Waals surface area contributed by atoms with Crippen LogP contribution < -0.4 is 14.3 Å². The van der Waals surface area contributed by atoms with E-state index < -0.39 is 16.1 Å².